The smallest absolute Gasteiger partial charge is 0.368 e. The highest BCUT2D eigenvalue weighted by atomic mass is 32.2. The van der Waals surface area contributed by atoms with Crippen molar-refractivity contribution in [3.8, 4) is 0 Å². The van der Waals surface area contributed by atoms with E-state index in [2.05, 4.69) is 0 Å². The van der Waals surface area contributed by atoms with E-state index in [4.69, 9.17) is 5.73 Å². The van der Waals surface area contributed by atoms with E-state index in [1.807, 2.05) is 0 Å². The van der Waals surface area contributed by atoms with Crippen LogP contribution in [-0.4, -0.2) is 43.0 Å². The summed E-state index contributed by atoms with van der Waals surface area (Å²) in [5.74, 6) is -3.86. The molecule has 0 bridgehead atoms. The third-order valence-electron chi connectivity index (χ3n) is 7.24. The number of carbonyl (C=O) groups excluding carboxylic acids is 2. The van der Waals surface area contributed by atoms with Crippen molar-refractivity contribution in [1.82, 2.24) is 4.90 Å². The molecule has 1 saturated carbocycles. The SMILES string of the molecule is CC1CC[C@@](C(N)=O)([C@@H](c2ccc(C(F)(F)F)cc2F)C2CC2)N1C(=O)c1cccc(S(C)(=O)=O)c1. The Morgan fingerprint density at radius 2 is 1.78 bits per heavy atom. The van der Waals surface area contributed by atoms with Gasteiger partial charge in [0, 0.05) is 23.8 Å². The first-order valence-electron chi connectivity index (χ1n) is 11.5. The molecule has 2 aromatic rings. The van der Waals surface area contributed by atoms with Crippen molar-refractivity contribution in [2.75, 3.05) is 6.26 Å². The van der Waals surface area contributed by atoms with E-state index in [0.29, 0.717) is 25.3 Å². The molecule has 0 radical (unpaired) electrons. The molecular formula is C25H26F4N2O4S. The molecule has 0 spiro atoms. The molecule has 3 atom stereocenters. The Bertz CT molecular complexity index is 1320. The van der Waals surface area contributed by atoms with E-state index >= 15 is 4.39 Å². The van der Waals surface area contributed by atoms with Crippen LogP contribution in [0.3, 0.4) is 0 Å². The predicted molar refractivity (Wildman–Crippen MR) is 123 cm³/mol. The van der Waals surface area contributed by atoms with E-state index < -0.39 is 56.7 Å². The Balaban J connectivity index is 1.86. The van der Waals surface area contributed by atoms with E-state index in [1.54, 1.807) is 6.92 Å². The Labute approximate surface area is 206 Å². The molecule has 6 nitrogen and oxygen atoms in total. The maximum absolute atomic E-state index is 15.2. The summed E-state index contributed by atoms with van der Waals surface area (Å²) in [5.41, 5.74) is 2.99. The van der Waals surface area contributed by atoms with Gasteiger partial charge in [-0.15, -0.1) is 0 Å². The number of sulfone groups is 1. The molecule has 1 unspecified atom stereocenters. The van der Waals surface area contributed by atoms with Crippen molar-refractivity contribution >= 4 is 21.7 Å². The van der Waals surface area contributed by atoms with E-state index in [-0.39, 0.29) is 28.4 Å². The van der Waals surface area contributed by atoms with E-state index in [1.165, 1.54) is 29.2 Å². The van der Waals surface area contributed by atoms with Crippen molar-refractivity contribution in [2.45, 2.75) is 61.2 Å². The summed E-state index contributed by atoms with van der Waals surface area (Å²) in [6.45, 7) is 1.70. The summed E-state index contributed by atoms with van der Waals surface area (Å²) in [4.78, 5) is 28.1. The van der Waals surface area contributed by atoms with Gasteiger partial charge >= 0.3 is 6.18 Å². The molecule has 36 heavy (non-hydrogen) atoms. The molecule has 1 aliphatic carbocycles. The van der Waals surface area contributed by atoms with Gasteiger partial charge in [-0.05, 0) is 74.4 Å². The minimum atomic E-state index is -4.75. The van der Waals surface area contributed by atoms with Crippen molar-refractivity contribution in [3.05, 3.63) is 65.0 Å². The van der Waals surface area contributed by atoms with Gasteiger partial charge in [-0.25, -0.2) is 12.8 Å². The number of amides is 2. The van der Waals surface area contributed by atoms with Crippen LogP contribution >= 0.6 is 0 Å². The molecular weight excluding hydrogens is 500 g/mol. The molecule has 194 valence electrons. The standard InChI is InChI=1S/C25H26F4N2O4S/c1-14-10-11-24(23(30)33,31(14)22(32)16-4-3-5-18(12-16)36(2,34)35)21(15-6-7-15)19-9-8-17(13-20(19)26)25(27,28)29/h3-5,8-9,12-15,21H,6-7,10-11H2,1-2H3,(H2,30,33)/t14?,21-,24+/m1/s1. The van der Waals surface area contributed by atoms with Crippen LogP contribution in [0.4, 0.5) is 17.6 Å². The third kappa shape index (κ3) is 4.49. The number of rotatable bonds is 6. The molecule has 11 heteroatoms. The third-order valence-corrected chi connectivity index (χ3v) is 8.35. The summed E-state index contributed by atoms with van der Waals surface area (Å²) < 4.78 is 78.8. The normalized spacial score (nSPS) is 23.5. The molecule has 1 heterocycles. The van der Waals surface area contributed by atoms with Gasteiger partial charge in [0.1, 0.15) is 11.4 Å². The van der Waals surface area contributed by atoms with E-state index in [9.17, 15) is 31.2 Å². The van der Waals surface area contributed by atoms with Crippen LogP contribution in [0.5, 0.6) is 0 Å². The summed E-state index contributed by atoms with van der Waals surface area (Å²) in [7, 11) is -3.63. The monoisotopic (exact) mass is 526 g/mol. The van der Waals surface area contributed by atoms with Gasteiger partial charge in [-0.3, -0.25) is 9.59 Å². The lowest BCUT2D eigenvalue weighted by Crippen LogP contribution is -2.61. The number of hydrogen-bond donors (Lipinski definition) is 1. The second-order valence-corrected chi connectivity index (χ2v) is 11.7. The maximum atomic E-state index is 15.2. The fourth-order valence-electron chi connectivity index (χ4n) is 5.44. The van der Waals surface area contributed by atoms with Crippen molar-refractivity contribution in [3.63, 3.8) is 0 Å². The molecule has 0 aromatic heterocycles. The first-order valence-corrected chi connectivity index (χ1v) is 13.4. The fourth-order valence-corrected chi connectivity index (χ4v) is 6.11. The Hall–Kier alpha value is -2.95. The van der Waals surface area contributed by atoms with Crippen LogP contribution in [0, 0.1) is 11.7 Å². The molecule has 1 saturated heterocycles. The van der Waals surface area contributed by atoms with Gasteiger partial charge < -0.3 is 10.6 Å². The van der Waals surface area contributed by atoms with Gasteiger partial charge in [-0.2, -0.15) is 13.2 Å². The number of carbonyl (C=O) groups is 2. The van der Waals surface area contributed by atoms with Crippen LogP contribution in [0.25, 0.3) is 0 Å². The second kappa shape index (κ2) is 8.86. The van der Waals surface area contributed by atoms with Crippen LogP contribution in [0.2, 0.25) is 0 Å². The summed E-state index contributed by atoms with van der Waals surface area (Å²) in [6.07, 6.45) is -2.10. The molecule has 4 rings (SSSR count). The summed E-state index contributed by atoms with van der Waals surface area (Å²) in [5, 5.41) is 0. The first-order chi connectivity index (χ1) is 16.7. The number of primary amides is 1. The second-order valence-electron chi connectivity index (χ2n) is 9.70. The minimum Gasteiger partial charge on any atom is -0.368 e. The van der Waals surface area contributed by atoms with Gasteiger partial charge in [0.05, 0.1) is 10.5 Å². The quantitative estimate of drug-likeness (QED) is 0.568. The highest BCUT2D eigenvalue weighted by Gasteiger charge is 2.60. The zero-order valence-electron chi connectivity index (χ0n) is 19.7. The largest absolute Gasteiger partial charge is 0.416 e. The lowest BCUT2D eigenvalue weighted by atomic mass is 9.73. The molecule has 2 fully saturated rings. The Morgan fingerprint density at radius 1 is 1.11 bits per heavy atom. The summed E-state index contributed by atoms with van der Waals surface area (Å²) in [6, 6.07) is 7.06. The number of nitrogens with zero attached hydrogens (tertiary/aromatic N) is 1. The van der Waals surface area contributed by atoms with Gasteiger partial charge in [0.25, 0.3) is 5.91 Å². The van der Waals surface area contributed by atoms with Gasteiger partial charge in [-0.1, -0.05) is 12.1 Å². The van der Waals surface area contributed by atoms with Crippen molar-refractivity contribution < 1.29 is 35.6 Å². The van der Waals surface area contributed by atoms with Crippen LogP contribution in [-0.2, 0) is 20.8 Å². The van der Waals surface area contributed by atoms with Crippen LogP contribution < -0.4 is 5.73 Å². The topological polar surface area (TPSA) is 97.5 Å². The Kier molecular flexibility index (Phi) is 6.43. The highest BCUT2D eigenvalue weighted by molar-refractivity contribution is 7.90. The number of hydrogen-bond acceptors (Lipinski definition) is 4. The number of alkyl halides is 3. The Morgan fingerprint density at radius 3 is 2.31 bits per heavy atom. The molecule has 2 aromatic carbocycles. The average Bonchev–Trinajstić information content (AvgIpc) is 3.55. The number of likely N-dealkylation sites (tertiary alicyclic amines) is 1. The predicted octanol–water partition coefficient (Wildman–Crippen LogP) is 4.29. The number of nitrogens with two attached hydrogens (primary N) is 1. The number of halogens is 4. The first kappa shape index (κ1) is 26.1. The van der Waals surface area contributed by atoms with Crippen molar-refractivity contribution in [1.29, 1.82) is 0 Å². The zero-order chi connectivity index (χ0) is 26.6. The molecule has 2 amide bonds. The van der Waals surface area contributed by atoms with Crippen LogP contribution in [0.1, 0.15) is 60.0 Å². The molecule has 2 N–H and O–H groups in total. The lowest BCUT2D eigenvalue weighted by molar-refractivity contribution is -0.138. The maximum Gasteiger partial charge on any atom is 0.416 e. The van der Waals surface area contributed by atoms with Gasteiger partial charge in [0.2, 0.25) is 5.91 Å². The molecule has 1 aliphatic heterocycles. The van der Waals surface area contributed by atoms with Crippen LogP contribution in [0.15, 0.2) is 47.4 Å². The van der Waals surface area contributed by atoms with Crippen molar-refractivity contribution in [2.24, 2.45) is 11.7 Å². The fraction of sp³-hybridized carbons (Fsp3) is 0.440. The highest BCUT2D eigenvalue weighted by Crippen LogP contribution is 2.55. The van der Waals surface area contributed by atoms with Gasteiger partial charge in [0.15, 0.2) is 9.84 Å². The van der Waals surface area contributed by atoms with E-state index in [0.717, 1.165) is 18.4 Å². The summed E-state index contributed by atoms with van der Waals surface area (Å²) >= 11 is 0. The number of benzene rings is 2. The average molecular weight is 527 g/mol. The zero-order valence-corrected chi connectivity index (χ0v) is 20.5. The molecule has 2 aliphatic rings. The minimum absolute atomic E-state index is 0.0136. The lowest BCUT2D eigenvalue weighted by Gasteiger charge is -2.44.